The van der Waals surface area contributed by atoms with Crippen molar-refractivity contribution in [3.8, 4) is 11.3 Å². The number of halogens is 1. The molecule has 0 spiro atoms. The van der Waals surface area contributed by atoms with Crippen LogP contribution in [0.5, 0.6) is 0 Å². The monoisotopic (exact) mass is 340 g/mol. The van der Waals surface area contributed by atoms with E-state index in [4.69, 9.17) is 5.73 Å². The number of rotatable bonds is 2. The Kier molecular flexibility index (Phi) is 4.67. The molecule has 0 unspecified atom stereocenters. The van der Waals surface area contributed by atoms with Gasteiger partial charge in [0, 0.05) is 35.8 Å². The highest BCUT2D eigenvalue weighted by molar-refractivity contribution is 5.95. The molecule has 0 aliphatic heterocycles. The van der Waals surface area contributed by atoms with Gasteiger partial charge < -0.3 is 15.7 Å². The molecule has 3 heterocycles. The van der Waals surface area contributed by atoms with Gasteiger partial charge in [0.1, 0.15) is 11.6 Å². The Labute approximate surface area is 144 Å². The van der Waals surface area contributed by atoms with Gasteiger partial charge in [-0.3, -0.25) is 0 Å². The predicted molar refractivity (Wildman–Crippen MR) is 99.7 cm³/mol. The third kappa shape index (κ3) is 3.61. The Morgan fingerprint density at radius 2 is 1.88 bits per heavy atom. The van der Waals surface area contributed by atoms with Gasteiger partial charge >= 0.3 is 0 Å². The van der Waals surface area contributed by atoms with Gasteiger partial charge in [-0.1, -0.05) is 18.2 Å². The molecule has 25 heavy (non-hydrogen) atoms. The molecule has 0 aliphatic rings. The number of fused-ring (bicyclic) bond motifs is 2. The quantitative estimate of drug-likeness (QED) is 0.484. The molecule has 0 atom stereocenters. The highest BCUT2D eigenvalue weighted by Crippen LogP contribution is 2.30. The number of nitrogen functional groups attached to an aromatic ring is 1. The molecular weight excluding hydrogens is 319 g/mol. The molecule has 0 saturated heterocycles. The molecule has 1 aromatic carbocycles. The number of hydrogen-bond donors (Lipinski definition) is 3. The molecule has 4 aromatic rings. The second-order valence-electron chi connectivity index (χ2n) is 5.81. The first-order valence-electron chi connectivity index (χ1n) is 8.05. The summed E-state index contributed by atoms with van der Waals surface area (Å²) in [4.78, 5) is 15.3. The minimum Gasteiger partial charge on any atom is -0.384 e. The van der Waals surface area contributed by atoms with Crippen molar-refractivity contribution in [2.24, 2.45) is 0 Å². The lowest BCUT2D eigenvalue weighted by molar-refractivity contribution is 0.0676. The zero-order valence-electron chi connectivity index (χ0n) is 14.5. The fourth-order valence-corrected chi connectivity index (χ4v) is 2.55. The average molecular weight is 340 g/mol. The van der Waals surface area contributed by atoms with Crippen LogP contribution >= 0.6 is 0 Å². The van der Waals surface area contributed by atoms with Crippen LogP contribution in [0.3, 0.4) is 0 Å². The van der Waals surface area contributed by atoms with Gasteiger partial charge in [-0.25, -0.2) is 9.97 Å². The van der Waals surface area contributed by atoms with Crippen molar-refractivity contribution in [2.45, 2.75) is 13.8 Å². The molecule has 4 N–H and O–H groups in total. The topological polar surface area (TPSA) is 86.6 Å². The molecular formula is C18H21FN6. The van der Waals surface area contributed by atoms with Crippen LogP contribution in [0, 0.1) is 6.92 Å². The second kappa shape index (κ2) is 6.90. The van der Waals surface area contributed by atoms with Gasteiger partial charge in [0.2, 0.25) is 0 Å². The zero-order valence-corrected chi connectivity index (χ0v) is 14.5. The first-order valence-corrected chi connectivity index (χ1v) is 8.05. The lowest BCUT2D eigenvalue weighted by Gasteiger charge is -2.01. The van der Waals surface area contributed by atoms with Gasteiger partial charge in [-0.2, -0.15) is 0 Å². The van der Waals surface area contributed by atoms with Crippen molar-refractivity contribution in [3.05, 3.63) is 42.2 Å². The van der Waals surface area contributed by atoms with E-state index in [0.717, 1.165) is 28.1 Å². The lowest BCUT2D eigenvalue weighted by Crippen LogP contribution is -2.02. The van der Waals surface area contributed by atoms with E-state index in [-0.39, 0.29) is 0 Å². The predicted octanol–water partition coefficient (Wildman–Crippen LogP) is 3.82. The molecule has 0 radical (unpaired) electrons. The van der Waals surface area contributed by atoms with Gasteiger partial charge in [0.05, 0.1) is 5.52 Å². The Morgan fingerprint density at radius 1 is 1.16 bits per heavy atom. The summed E-state index contributed by atoms with van der Waals surface area (Å²) in [6, 6.07) is 12.1. The zero-order chi connectivity index (χ0) is 18.0. The number of nitrogens with one attached hydrogen (secondary N) is 2. The summed E-state index contributed by atoms with van der Waals surface area (Å²) >= 11 is 0. The minimum atomic E-state index is 0.470. The van der Waals surface area contributed by atoms with Crippen LogP contribution in [-0.4, -0.2) is 38.7 Å². The van der Waals surface area contributed by atoms with Crippen molar-refractivity contribution in [2.75, 3.05) is 19.3 Å². The Balaban J connectivity index is 0.000000324. The summed E-state index contributed by atoms with van der Waals surface area (Å²) in [6.45, 7) is 4.13. The maximum absolute atomic E-state index is 11.3. The normalized spacial score (nSPS) is 11.1. The third-order valence-electron chi connectivity index (χ3n) is 3.86. The number of anilines is 1. The molecule has 7 heteroatoms. The number of hydrogen-bond acceptors (Lipinski definition) is 4. The number of imidazole rings is 1. The number of H-pyrrole nitrogens is 2. The van der Waals surface area contributed by atoms with Crippen molar-refractivity contribution >= 4 is 27.9 Å². The van der Waals surface area contributed by atoms with E-state index in [1.54, 1.807) is 6.92 Å². The maximum atomic E-state index is 11.3. The molecule has 0 amide bonds. The van der Waals surface area contributed by atoms with Crippen LogP contribution < -0.4 is 5.73 Å². The van der Waals surface area contributed by atoms with E-state index in [0.29, 0.717) is 23.1 Å². The summed E-state index contributed by atoms with van der Waals surface area (Å²) in [5.41, 5.74) is 10.5. The molecule has 0 fully saturated rings. The van der Waals surface area contributed by atoms with E-state index in [1.807, 2.05) is 25.1 Å². The smallest absolute Gasteiger partial charge is 0.180 e. The number of pyridine rings is 1. The highest BCUT2D eigenvalue weighted by atomic mass is 19.2. The standard InChI is InChI=1S/C15H13N5.C3H8FN/c1-8-17-14-10(7-13(16)20-15(14)18-8)12-6-9-4-2-3-5-11(9)19-12;1-3-5(2)4/h2-7,19H,1H3,(H3,16,17,18,20);3H2,1-2H3. The van der Waals surface area contributed by atoms with Crippen molar-refractivity contribution < 1.29 is 4.48 Å². The Morgan fingerprint density at radius 3 is 2.56 bits per heavy atom. The second-order valence-corrected chi connectivity index (χ2v) is 5.81. The van der Waals surface area contributed by atoms with Gasteiger partial charge in [-0.15, -0.1) is 9.60 Å². The largest absolute Gasteiger partial charge is 0.384 e. The fraction of sp³-hybridized carbons (Fsp3) is 0.222. The van der Waals surface area contributed by atoms with Crippen LogP contribution in [0.1, 0.15) is 12.7 Å². The van der Waals surface area contributed by atoms with Crippen LogP contribution in [0.2, 0.25) is 0 Å². The van der Waals surface area contributed by atoms with Crippen molar-refractivity contribution in [3.63, 3.8) is 0 Å². The molecule has 3 aromatic heterocycles. The van der Waals surface area contributed by atoms with Crippen molar-refractivity contribution in [1.82, 2.24) is 25.1 Å². The van der Waals surface area contributed by atoms with Gasteiger partial charge in [-0.05, 0) is 32.0 Å². The first kappa shape index (κ1) is 16.9. The molecule has 4 rings (SSSR count). The fourth-order valence-electron chi connectivity index (χ4n) is 2.55. The van der Waals surface area contributed by atoms with E-state index >= 15 is 0 Å². The third-order valence-corrected chi connectivity index (χ3v) is 3.86. The molecule has 0 aliphatic carbocycles. The highest BCUT2D eigenvalue weighted by Gasteiger charge is 2.12. The van der Waals surface area contributed by atoms with Crippen LogP contribution in [0.15, 0.2) is 36.4 Å². The number of aromatic nitrogens is 4. The summed E-state index contributed by atoms with van der Waals surface area (Å²) < 4.78 is 11.3. The van der Waals surface area contributed by atoms with Crippen LogP contribution in [0.4, 0.5) is 10.3 Å². The van der Waals surface area contributed by atoms with E-state index < -0.39 is 0 Å². The molecule has 0 saturated carbocycles. The van der Waals surface area contributed by atoms with Crippen LogP contribution in [-0.2, 0) is 0 Å². The number of aryl methyl sites for hydroxylation is 1. The van der Waals surface area contributed by atoms with E-state index in [9.17, 15) is 4.48 Å². The number of para-hydroxylation sites is 1. The van der Waals surface area contributed by atoms with Crippen LogP contribution in [0.25, 0.3) is 33.3 Å². The Hall–Kier alpha value is -2.93. The molecule has 6 nitrogen and oxygen atoms in total. The van der Waals surface area contributed by atoms with Gasteiger partial charge in [0.15, 0.2) is 5.65 Å². The Bertz CT molecular complexity index is 968. The minimum absolute atomic E-state index is 0.470. The van der Waals surface area contributed by atoms with E-state index in [2.05, 4.69) is 38.1 Å². The summed E-state index contributed by atoms with van der Waals surface area (Å²) in [5, 5.41) is 1.79. The lowest BCUT2D eigenvalue weighted by atomic mass is 10.1. The van der Waals surface area contributed by atoms with Crippen molar-refractivity contribution in [1.29, 1.82) is 0 Å². The SMILES string of the molecule is CCN(C)F.Cc1nc2nc(N)cc(-c3cc4ccccc4[nH]3)c2[nH]1. The number of nitrogens with zero attached hydrogens (tertiary/aromatic N) is 3. The summed E-state index contributed by atoms with van der Waals surface area (Å²) in [6.07, 6.45) is 0. The summed E-state index contributed by atoms with van der Waals surface area (Å²) in [5.74, 6) is 1.30. The van der Waals surface area contributed by atoms with E-state index in [1.165, 1.54) is 12.4 Å². The number of aromatic amines is 2. The number of nitrogens with two attached hydrogens (primary N) is 1. The first-order chi connectivity index (χ1) is 12.0. The summed E-state index contributed by atoms with van der Waals surface area (Å²) in [7, 11) is 1.39. The average Bonchev–Trinajstić information content (AvgIpc) is 3.16. The maximum Gasteiger partial charge on any atom is 0.180 e. The van der Waals surface area contributed by atoms with Gasteiger partial charge in [0.25, 0.3) is 0 Å². The number of benzene rings is 1. The molecule has 0 bridgehead atoms. The molecule has 130 valence electrons.